The Hall–Kier alpha value is -2.23. The van der Waals surface area contributed by atoms with E-state index in [1.54, 1.807) is 33.5 Å². The van der Waals surface area contributed by atoms with Crippen LogP contribution in [0, 0.1) is 0 Å². The van der Waals surface area contributed by atoms with Crippen LogP contribution in [0.3, 0.4) is 0 Å². The average Bonchev–Trinajstić information content (AvgIpc) is 2.42. The lowest BCUT2D eigenvalue weighted by Crippen LogP contribution is -1.95. The first kappa shape index (κ1) is 14.8. The zero-order valence-corrected chi connectivity index (χ0v) is 11.6. The quantitative estimate of drug-likeness (QED) is 0.584. The molecule has 0 aromatic heterocycles. The van der Waals surface area contributed by atoms with Crippen LogP contribution in [0.1, 0.15) is 12.5 Å². The van der Waals surface area contributed by atoms with Crippen molar-refractivity contribution in [3.8, 4) is 17.2 Å². The van der Waals surface area contributed by atoms with Gasteiger partial charge >= 0.3 is 0 Å². The molecule has 1 aromatic rings. The lowest BCUT2D eigenvalue weighted by atomic mass is 10.1. The third kappa shape index (κ3) is 4.17. The molecule has 0 aliphatic carbocycles. The first-order chi connectivity index (χ1) is 9.12. The number of hydrogen-bond acceptors (Lipinski definition) is 4. The second-order valence-corrected chi connectivity index (χ2v) is 3.79. The van der Waals surface area contributed by atoms with Crippen LogP contribution in [0.2, 0.25) is 0 Å². The molecule has 4 nitrogen and oxygen atoms in total. The Bertz CT molecular complexity index is 476. The monoisotopic (exact) mass is 262 g/mol. The molecule has 0 aliphatic rings. The number of methoxy groups -OCH3 is 3. The number of benzene rings is 1. The van der Waals surface area contributed by atoms with Gasteiger partial charge in [-0.3, -0.25) is 4.79 Å². The summed E-state index contributed by atoms with van der Waals surface area (Å²) in [6, 6.07) is 3.67. The summed E-state index contributed by atoms with van der Waals surface area (Å²) >= 11 is 0. The highest BCUT2D eigenvalue weighted by molar-refractivity contribution is 5.87. The second kappa shape index (κ2) is 7.26. The minimum absolute atomic E-state index is 0.00884. The van der Waals surface area contributed by atoms with E-state index in [4.69, 9.17) is 14.2 Å². The molecule has 1 aromatic carbocycles. The largest absolute Gasteiger partial charge is 0.493 e. The molecule has 19 heavy (non-hydrogen) atoms. The normalized spacial score (nSPS) is 10.9. The van der Waals surface area contributed by atoms with Crippen molar-refractivity contribution in [2.45, 2.75) is 6.92 Å². The predicted molar refractivity (Wildman–Crippen MR) is 75.0 cm³/mol. The van der Waals surface area contributed by atoms with Gasteiger partial charge in [-0.2, -0.15) is 0 Å². The van der Waals surface area contributed by atoms with E-state index in [9.17, 15) is 4.79 Å². The van der Waals surface area contributed by atoms with E-state index in [0.717, 1.165) is 5.56 Å². The minimum atomic E-state index is 0.00884. The van der Waals surface area contributed by atoms with Gasteiger partial charge in [0.1, 0.15) is 0 Å². The Morgan fingerprint density at radius 3 is 2.00 bits per heavy atom. The molecule has 102 valence electrons. The molecule has 0 heterocycles. The van der Waals surface area contributed by atoms with E-state index in [1.165, 1.54) is 13.0 Å². The van der Waals surface area contributed by atoms with Crippen molar-refractivity contribution in [3.63, 3.8) is 0 Å². The second-order valence-electron chi connectivity index (χ2n) is 3.79. The fourth-order valence-electron chi connectivity index (χ4n) is 1.56. The van der Waals surface area contributed by atoms with Gasteiger partial charge < -0.3 is 14.2 Å². The summed E-state index contributed by atoms with van der Waals surface area (Å²) in [5, 5.41) is 0. The fourth-order valence-corrected chi connectivity index (χ4v) is 1.56. The molecule has 0 radical (unpaired) electrons. The number of carbonyl (C=O) groups excluding carboxylic acids is 1. The fraction of sp³-hybridized carbons (Fsp3) is 0.267. The van der Waals surface area contributed by atoms with Crippen molar-refractivity contribution in [1.29, 1.82) is 0 Å². The molecule has 0 aliphatic heterocycles. The number of hydrogen-bond donors (Lipinski definition) is 0. The van der Waals surface area contributed by atoms with Crippen molar-refractivity contribution in [2.75, 3.05) is 21.3 Å². The number of ether oxygens (including phenoxy) is 3. The number of rotatable bonds is 6. The third-order valence-corrected chi connectivity index (χ3v) is 2.42. The maximum atomic E-state index is 10.8. The van der Waals surface area contributed by atoms with Gasteiger partial charge in [0.05, 0.1) is 21.3 Å². The van der Waals surface area contributed by atoms with E-state index in [2.05, 4.69) is 0 Å². The van der Waals surface area contributed by atoms with Gasteiger partial charge in [0.15, 0.2) is 17.3 Å². The van der Waals surface area contributed by atoms with Crippen LogP contribution in [0.25, 0.3) is 6.08 Å². The van der Waals surface area contributed by atoms with E-state index in [-0.39, 0.29) is 5.78 Å². The van der Waals surface area contributed by atoms with Crippen molar-refractivity contribution in [1.82, 2.24) is 0 Å². The van der Waals surface area contributed by atoms with Gasteiger partial charge in [0.25, 0.3) is 0 Å². The maximum Gasteiger partial charge on any atom is 0.203 e. The summed E-state index contributed by atoms with van der Waals surface area (Å²) in [6.45, 7) is 1.50. The smallest absolute Gasteiger partial charge is 0.203 e. The summed E-state index contributed by atoms with van der Waals surface area (Å²) < 4.78 is 15.7. The third-order valence-electron chi connectivity index (χ3n) is 2.42. The first-order valence-corrected chi connectivity index (χ1v) is 5.77. The van der Waals surface area contributed by atoms with Crippen LogP contribution in [-0.4, -0.2) is 27.1 Å². The zero-order valence-electron chi connectivity index (χ0n) is 11.6. The Labute approximate surface area is 113 Å². The van der Waals surface area contributed by atoms with Crippen LogP contribution >= 0.6 is 0 Å². The van der Waals surface area contributed by atoms with Crippen LogP contribution in [0.15, 0.2) is 30.4 Å². The summed E-state index contributed by atoms with van der Waals surface area (Å²) in [6.07, 6.45) is 6.81. The van der Waals surface area contributed by atoms with Gasteiger partial charge in [-0.1, -0.05) is 18.2 Å². The lowest BCUT2D eigenvalue weighted by molar-refractivity contribution is -0.112. The van der Waals surface area contributed by atoms with Crippen LogP contribution < -0.4 is 14.2 Å². The minimum Gasteiger partial charge on any atom is -0.493 e. The summed E-state index contributed by atoms with van der Waals surface area (Å²) in [7, 11) is 4.70. The SMILES string of the molecule is COc1cc(/C=C/C=C/C(C)=O)cc(OC)c1OC. The Morgan fingerprint density at radius 2 is 1.58 bits per heavy atom. The van der Waals surface area contributed by atoms with E-state index in [0.29, 0.717) is 17.2 Å². The Kier molecular flexibility index (Phi) is 5.67. The maximum absolute atomic E-state index is 10.8. The molecule has 1 rings (SSSR count). The first-order valence-electron chi connectivity index (χ1n) is 5.77. The topological polar surface area (TPSA) is 44.8 Å². The van der Waals surface area contributed by atoms with Crippen LogP contribution in [0.4, 0.5) is 0 Å². The molecule has 0 N–H and O–H groups in total. The lowest BCUT2D eigenvalue weighted by Gasteiger charge is -2.12. The molecule has 0 saturated carbocycles. The van der Waals surface area contributed by atoms with Crippen molar-refractivity contribution >= 4 is 11.9 Å². The van der Waals surface area contributed by atoms with Crippen LogP contribution in [-0.2, 0) is 4.79 Å². The predicted octanol–water partition coefficient (Wildman–Crippen LogP) is 2.87. The molecule has 0 amide bonds. The molecular weight excluding hydrogens is 244 g/mol. The number of carbonyl (C=O) groups is 1. The zero-order chi connectivity index (χ0) is 14.3. The molecule has 0 spiro atoms. The molecule has 0 saturated heterocycles. The highest BCUT2D eigenvalue weighted by Gasteiger charge is 2.11. The van der Waals surface area contributed by atoms with Crippen molar-refractivity contribution in [3.05, 3.63) is 35.9 Å². The molecule has 0 bridgehead atoms. The van der Waals surface area contributed by atoms with Crippen LogP contribution in [0.5, 0.6) is 17.2 Å². The molecule has 0 fully saturated rings. The van der Waals surface area contributed by atoms with Gasteiger partial charge in [0, 0.05) is 0 Å². The summed E-state index contributed by atoms with van der Waals surface area (Å²) in [5.74, 6) is 1.75. The summed E-state index contributed by atoms with van der Waals surface area (Å²) in [4.78, 5) is 10.8. The molecular formula is C15H18O4. The van der Waals surface area contributed by atoms with Gasteiger partial charge in [0.2, 0.25) is 5.75 Å². The van der Waals surface area contributed by atoms with Gasteiger partial charge in [-0.25, -0.2) is 0 Å². The number of allylic oxidation sites excluding steroid dienone is 3. The number of ketones is 1. The van der Waals surface area contributed by atoms with Gasteiger partial charge in [-0.15, -0.1) is 0 Å². The molecule has 4 heteroatoms. The van der Waals surface area contributed by atoms with Crippen molar-refractivity contribution < 1.29 is 19.0 Å². The highest BCUT2D eigenvalue weighted by atomic mass is 16.5. The molecule has 0 unspecified atom stereocenters. The summed E-state index contributed by atoms with van der Waals surface area (Å²) in [5.41, 5.74) is 0.891. The highest BCUT2D eigenvalue weighted by Crippen LogP contribution is 2.38. The van der Waals surface area contributed by atoms with E-state index < -0.39 is 0 Å². The standard InChI is InChI=1S/C15H18O4/c1-11(16)7-5-6-8-12-9-13(17-2)15(19-4)14(10-12)18-3/h5-10H,1-4H3/b7-5+,8-6+. The van der Waals surface area contributed by atoms with E-state index >= 15 is 0 Å². The molecule has 0 atom stereocenters. The Balaban J connectivity index is 3.06. The Morgan fingerprint density at radius 1 is 1.00 bits per heavy atom. The van der Waals surface area contributed by atoms with E-state index in [1.807, 2.05) is 18.2 Å². The average molecular weight is 262 g/mol. The van der Waals surface area contributed by atoms with Crippen molar-refractivity contribution in [2.24, 2.45) is 0 Å². The van der Waals surface area contributed by atoms with Gasteiger partial charge in [-0.05, 0) is 30.7 Å².